The van der Waals surface area contributed by atoms with Gasteiger partial charge in [0.15, 0.2) is 0 Å². The van der Waals surface area contributed by atoms with E-state index in [-0.39, 0.29) is 17.1 Å². The lowest BCUT2D eigenvalue weighted by Gasteiger charge is -2.48. The summed E-state index contributed by atoms with van der Waals surface area (Å²) in [5.74, 6) is 0.696. The minimum atomic E-state index is -0.205. The Kier molecular flexibility index (Phi) is 6.20. The van der Waals surface area contributed by atoms with E-state index in [9.17, 15) is 4.79 Å². The molecule has 0 unspecified atom stereocenters. The molecule has 0 bridgehead atoms. The summed E-state index contributed by atoms with van der Waals surface area (Å²) < 4.78 is 5.47. The third-order valence-corrected chi connectivity index (χ3v) is 8.27. The number of nitrogens with one attached hydrogen (secondary N) is 1. The third-order valence-electron chi connectivity index (χ3n) is 8.27. The molecular weight excluding hydrogens is 428 g/mol. The van der Waals surface area contributed by atoms with Crippen LogP contribution in [0.2, 0.25) is 0 Å². The van der Waals surface area contributed by atoms with Gasteiger partial charge in [0.05, 0.1) is 30.2 Å². The highest BCUT2D eigenvalue weighted by Gasteiger charge is 2.50. The Morgan fingerprint density at radius 1 is 1.00 bits per heavy atom. The first-order chi connectivity index (χ1) is 16.4. The molecule has 0 radical (unpaired) electrons. The van der Waals surface area contributed by atoms with Crippen molar-refractivity contribution in [2.75, 3.05) is 50.7 Å². The van der Waals surface area contributed by atoms with Gasteiger partial charge in [-0.15, -0.1) is 0 Å². The van der Waals surface area contributed by atoms with Gasteiger partial charge in [0.25, 0.3) is 0 Å². The van der Waals surface area contributed by atoms with Gasteiger partial charge in [-0.2, -0.15) is 0 Å². The smallest absolute Gasteiger partial charge is 0.322 e. The number of amides is 2. The van der Waals surface area contributed by atoms with E-state index in [2.05, 4.69) is 69.5 Å². The second kappa shape index (κ2) is 9.15. The van der Waals surface area contributed by atoms with Gasteiger partial charge in [-0.25, -0.2) is 14.8 Å². The molecular formula is C26H36N6O2. The maximum atomic E-state index is 13.0. The molecule has 2 saturated heterocycles. The van der Waals surface area contributed by atoms with E-state index in [0.717, 1.165) is 57.4 Å². The summed E-state index contributed by atoms with van der Waals surface area (Å²) >= 11 is 0. The third kappa shape index (κ3) is 4.14. The lowest BCUT2D eigenvalue weighted by atomic mass is 9.69. The summed E-state index contributed by atoms with van der Waals surface area (Å²) in [6.45, 7) is 2.22. The van der Waals surface area contributed by atoms with Crippen LogP contribution in [-0.2, 0) is 10.3 Å². The first kappa shape index (κ1) is 23.1. The molecule has 2 amide bonds. The monoisotopic (exact) mass is 464 g/mol. The predicted molar refractivity (Wildman–Crippen MR) is 133 cm³/mol. The van der Waals surface area contributed by atoms with E-state index in [1.165, 1.54) is 5.56 Å². The van der Waals surface area contributed by atoms with Crippen molar-refractivity contribution in [2.45, 2.75) is 55.6 Å². The molecule has 8 nitrogen and oxygen atoms in total. The standard InChI is InChI=1S/C26H36N6O2/c1-30(2)26(20-7-5-4-6-8-20)13-11-25(12-14-26)19-32(24(33)29-25)22-17-27-23(28-18-22)31(3)21-9-15-34-16-10-21/h4-8,17-18,21H,9-16,19H2,1-3H3,(H,29,33). The zero-order valence-electron chi connectivity index (χ0n) is 20.5. The molecule has 34 heavy (non-hydrogen) atoms. The van der Waals surface area contributed by atoms with Crippen LogP contribution in [0.15, 0.2) is 42.7 Å². The molecule has 182 valence electrons. The number of rotatable bonds is 5. The van der Waals surface area contributed by atoms with Gasteiger partial charge >= 0.3 is 6.03 Å². The van der Waals surface area contributed by atoms with Crippen molar-refractivity contribution < 1.29 is 9.53 Å². The van der Waals surface area contributed by atoms with Crippen LogP contribution >= 0.6 is 0 Å². The van der Waals surface area contributed by atoms with E-state index in [4.69, 9.17) is 4.74 Å². The Balaban J connectivity index is 1.28. The molecule has 8 heteroatoms. The molecule has 1 aromatic heterocycles. The highest BCUT2D eigenvalue weighted by Crippen LogP contribution is 2.46. The van der Waals surface area contributed by atoms with Crippen LogP contribution in [0.25, 0.3) is 0 Å². The van der Waals surface area contributed by atoms with Crippen LogP contribution in [0.4, 0.5) is 16.4 Å². The Morgan fingerprint density at radius 3 is 2.26 bits per heavy atom. The van der Waals surface area contributed by atoms with Crippen molar-refractivity contribution in [3.8, 4) is 0 Å². The fraction of sp³-hybridized carbons (Fsp3) is 0.577. The fourth-order valence-electron chi connectivity index (χ4n) is 5.96. The molecule has 3 fully saturated rings. The van der Waals surface area contributed by atoms with Gasteiger partial charge in [-0.3, -0.25) is 9.80 Å². The maximum absolute atomic E-state index is 13.0. The number of hydrogen-bond donors (Lipinski definition) is 1. The van der Waals surface area contributed by atoms with Crippen molar-refractivity contribution in [1.82, 2.24) is 20.2 Å². The van der Waals surface area contributed by atoms with Crippen molar-refractivity contribution in [3.63, 3.8) is 0 Å². The quantitative estimate of drug-likeness (QED) is 0.731. The van der Waals surface area contributed by atoms with Gasteiger partial charge < -0.3 is 15.0 Å². The van der Waals surface area contributed by atoms with Crippen molar-refractivity contribution >= 4 is 17.7 Å². The van der Waals surface area contributed by atoms with Gasteiger partial charge in [-0.1, -0.05) is 30.3 Å². The molecule has 1 aliphatic carbocycles. The van der Waals surface area contributed by atoms with Gasteiger partial charge in [0.2, 0.25) is 5.95 Å². The number of urea groups is 1. The molecule has 2 aliphatic heterocycles. The number of carbonyl (C=O) groups excluding carboxylic acids is 1. The largest absolute Gasteiger partial charge is 0.381 e. The normalized spacial score (nSPS) is 27.9. The van der Waals surface area contributed by atoms with Gasteiger partial charge in [0, 0.05) is 31.8 Å². The molecule has 1 N–H and O–H groups in total. The summed E-state index contributed by atoms with van der Waals surface area (Å²) in [6.07, 6.45) is 9.42. The van der Waals surface area contributed by atoms with Crippen LogP contribution < -0.4 is 15.1 Å². The molecule has 3 aliphatic rings. The lowest BCUT2D eigenvalue weighted by Crippen LogP contribution is -2.54. The summed E-state index contributed by atoms with van der Waals surface area (Å²) in [4.78, 5) is 28.5. The zero-order chi connectivity index (χ0) is 23.8. The summed E-state index contributed by atoms with van der Waals surface area (Å²) in [5, 5.41) is 3.32. The molecule has 1 aromatic carbocycles. The second-order valence-electron chi connectivity index (χ2n) is 10.3. The summed E-state index contributed by atoms with van der Waals surface area (Å²) in [7, 11) is 6.37. The highest BCUT2D eigenvalue weighted by molar-refractivity contribution is 5.95. The fourth-order valence-corrected chi connectivity index (χ4v) is 5.96. The van der Waals surface area contributed by atoms with Crippen molar-refractivity contribution in [1.29, 1.82) is 0 Å². The molecule has 2 aromatic rings. The molecule has 0 atom stereocenters. The number of ether oxygens (including phenoxy) is 1. The number of carbonyl (C=O) groups is 1. The Bertz CT molecular complexity index is 982. The van der Waals surface area contributed by atoms with Crippen LogP contribution in [0.1, 0.15) is 44.1 Å². The molecule has 1 saturated carbocycles. The first-order valence-electron chi connectivity index (χ1n) is 12.4. The van der Waals surface area contributed by atoms with Crippen molar-refractivity contribution in [2.24, 2.45) is 0 Å². The summed E-state index contributed by atoms with van der Waals surface area (Å²) in [6, 6.07) is 11.1. The average Bonchev–Trinajstić information content (AvgIpc) is 3.20. The van der Waals surface area contributed by atoms with Gasteiger partial charge in [0.1, 0.15) is 0 Å². The molecule has 3 heterocycles. The second-order valence-corrected chi connectivity index (χ2v) is 10.3. The maximum Gasteiger partial charge on any atom is 0.322 e. The number of aromatic nitrogens is 2. The highest BCUT2D eigenvalue weighted by atomic mass is 16.5. The zero-order valence-corrected chi connectivity index (χ0v) is 20.5. The Labute approximate surface area is 202 Å². The topological polar surface area (TPSA) is 73.8 Å². The minimum absolute atomic E-state index is 0.00413. The Hall–Kier alpha value is -2.71. The average molecular weight is 465 g/mol. The molecule has 5 rings (SSSR count). The number of hydrogen-bond acceptors (Lipinski definition) is 6. The SMILES string of the molecule is CN(c1ncc(N2CC3(CCC(c4ccccc4)(N(C)C)CC3)NC2=O)cn1)C1CCOCC1. The van der Waals surface area contributed by atoms with E-state index < -0.39 is 0 Å². The number of benzene rings is 1. The van der Waals surface area contributed by atoms with Crippen LogP contribution in [0, 0.1) is 0 Å². The van der Waals surface area contributed by atoms with Crippen LogP contribution in [0.5, 0.6) is 0 Å². The molecule has 1 spiro atoms. The van der Waals surface area contributed by atoms with E-state index in [1.54, 1.807) is 12.4 Å². The predicted octanol–water partition coefficient (Wildman–Crippen LogP) is 3.39. The van der Waals surface area contributed by atoms with E-state index in [1.807, 2.05) is 11.9 Å². The van der Waals surface area contributed by atoms with Crippen LogP contribution in [-0.4, -0.2) is 73.4 Å². The van der Waals surface area contributed by atoms with Crippen LogP contribution in [0.3, 0.4) is 0 Å². The number of nitrogens with zero attached hydrogens (tertiary/aromatic N) is 5. The van der Waals surface area contributed by atoms with Crippen molar-refractivity contribution in [3.05, 3.63) is 48.3 Å². The summed E-state index contributed by atoms with van der Waals surface area (Å²) in [5.41, 5.74) is 1.91. The minimum Gasteiger partial charge on any atom is -0.381 e. The lowest BCUT2D eigenvalue weighted by molar-refractivity contribution is 0.0658. The van der Waals surface area contributed by atoms with Gasteiger partial charge in [-0.05, 0) is 58.2 Å². The first-order valence-corrected chi connectivity index (χ1v) is 12.4. The number of anilines is 2. The Morgan fingerprint density at radius 2 is 1.65 bits per heavy atom. The van der Waals surface area contributed by atoms with E-state index >= 15 is 0 Å². The van der Waals surface area contributed by atoms with E-state index in [0.29, 0.717) is 18.5 Å².